The third-order valence-electron chi connectivity index (χ3n) is 5.61. The topological polar surface area (TPSA) is 119 Å². The number of amides is 1. The van der Waals surface area contributed by atoms with Crippen molar-refractivity contribution in [1.29, 1.82) is 0 Å². The Bertz CT molecular complexity index is 1380. The Morgan fingerprint density at radius 3 is 2.65 bits per heavy atom. The first-order valence-corrected chi connectivity index (χ1v) is 12.4. The number of fused-ring (bicyclic) bond motifs is 1. The molecule has 2 heterocycles. The highest BCUT2D eigenvalue weighted by molar-refractivity contribution is 7.89. The van der Waals surface area contributed by atoms with Gasteiger partial charge in [0.1, 0.15) is 11.6 Å². The minimum absolute atomic E-state index is 0.0556. The van der Waals surface area contributed by atoms with Crippen molar-refractivity contribution in [2.45, 2.75) is 45.1 Å². The van der Waals surface area contributed by atoms with Crippen molar-refractivity contribution in [3.63, 3.8) is 0 Å². The second-order valence-electron chi connectivity index (χ2n) is 8.01. The van der Waals surface area contributed by atoms with Gasteiger partial charge >= 0.3 is 0 Å². The molecule has 178 valence electrons. The maximum Gasteiger partial charge on any atom is 0.249 e. The first-order valence-electron chi connectivity index (χ1n) is 11.0. The second-order valence-corrected chi connectivity index (χ2v) is 9.74. The fourth-order valence-corrected chi connectivity index (χ4v) is 5.21. The molecule has 1 aliphatic rings. The summed E-state index contributed by atoms with van der Waals surface area (Å²) in [6.45, 7) is 5.83. The third-order valence-corrected chi connectivity index (χ3v) is 7.16. The molecule has 0 spiro atoms. The van der Waals surface area contributed by atoms with Crippen molar-refractivity contribution in [3.8, 4) is 16.9 Å². The molecule has 0 saturated heterocycles. The highest BCUT2D eigenvalue weighted by atomic mass is 32.2. The summed E-state index contributed by atoms with van der Waals surface area (Å²) in [6, 6.07) is 12.2. The van der Waals surface area contributed by atoms with Crippen molar-refractivity contribution in [3.05, 3.63) is 59.3 Å². The largest absolute Gasteiger partial charge is 0.494 e. The number of carbonyl (C=O) groups excluding carboxylic acids is 2. The third kappa shape index (κ3) is 4.59. The summed E-state index contributed by atoms with van der Waals surface area (Å²) in [5.41, 5.74) is 2.85. The minimum Gasteiger partial charge on any atom is -0.494 e. The van der Waals surface area contributed by atoms with Gasteiger partial charge in [-0.05, 0) is 44.0 Å². The Labute approximate surface area is 198 Å². The number of anilines is 1. The summed E-state index contributed by atoms with van der Waals surface area (Å²) < 4.78 is 35.9. The van der Waals surface area contributed by atoms with E-state index in [2.05, 4.69) is 15.1 Å². The number of sulfonamides is 1. The van der Waals surface area contributed by atoms with Gasteiger partial charge in [-0.25, -0.2) is 13.1 Å². The fourth-order valence-electron chi connectivity index (χ4n) is 3.93. The smallest absolute Gasteiger partial charge is 0.249 e. The average Bonchev–Trinajstić information content (AvgIpc) is 3.06. The lowest BCUT2D eigenvalue weighted by Crippen LogP contribution is -2.24. The quantitative estimate of drug-likeness (QED) is 0.533. The number of carbonyl (C=O) groups is 2. The molecular weight excluding hydrogens is 456 g/mol. The maximum absolute atomic E-state index is 13.3. The van der Waals surface area contributed by atoms with Gasteiger partial charge in [0.2, 0.25) is 21.8 Å². The van der Waals surface area contributed by atoms with Crippen molar-refractivity contribution >= 4 is 27.7 Å². The lowest BCUT2D eigenvalue weighted by Gasteiger charge is -2.14. The van der Waals surface area contributed by atoms with Crippen molar-refractivity contribution in [1.82, 2.24) is 14.5 Å². The molecule has 0 aliphatic carbocycles. The zero-order valence-electron chi connectivity index (χ0n) is 19.2. The first kappa shape index (κ1) is 23.7. The molecule has 2 N–H and O–H groups in total. The van der Waals surface area contributed by atoms with Crippen LogP contribution in [0.5, 0.6) is 5.75 Å². The number of aryl methyl sites for hydroxylation is 2. The first-order chi connectivity index (χ1) is 16.2. The van der Waals surface area contributed by atoms with Gasteiger partial charge in [-0.1, -0.05) is 30.3 Å². The maximum atomic E-state index is 13.3. The summed E-state index contributed by atoms with van der Waals surface area (Å²) in [5, 5.41) is 7.03. The molecule has 0 unspecified atom stereocenters. The number of aromatic nitrogens is 2. The van der Waals surface area contributed by atoms with Crippen molar-refractivity contribution in [2.24, 2.45) is 0 Å². The van der Waals surface area contributed by atoms with E-state index in [0.29, 0.717) is 34.7 Å². The van der Waals surface area contributed by atoms with Crippen LogP contribution in [0.15, 0.2) is 47.4 Å². The van der Waals surface area contributed by atoms with E-state index in [-0.39, 0.29) is 41.9 Å². The predicted octanol–water partition coefficient (Wildman–Crippen LogP) is 3.42. The normalized spacial score (nSPS) is 13.9. The van der Waals surface area contributed by atoms with Crippen LogP contribution in [-0.2, 0) is 21.4 Å². The highest BCUT2D eigenvalue weighted by Gasteiger charge is 2.27. The highest BCUT2D eigenvalue weighted by Crippen LogP contribution is 2.35. The number of nitrogens with one attached hydrogen (secondary N) is 2. The molecule has 3 aromatic rings. The molecule has 1 aromatic heterocycles. The van der Waals surface area contributed by atoms with Gasteiger partial charge in [0.25, 0.3) is 0 Å². The molecule has 2 aromatic carbocycles. The van der Waals surface area contributed by atoms with E-state index < -0.39 is 10.0 Å². The standard InChI is InChI=1S/C24H26N4O5S/c1-4-33-19-8-6-5-7-18(19)14-25-34(31,32)20-13-17(10-9-15(20)2)23-16(3)27-28-22(30)12-11-21(29)26-24(23)28/h5-10,13,25H,4,11-12,14H2,1-3H3,(H,26,29). The second kappa shape index (κ2) is 9.40. The Morgan fingerprint density at radius 1 is 1.12 bits per heavy atom. The van der Waals surface area contributed by atoms with E-state index in [9.17, 15) is 18.0 Å². The predicted molar refractivity (Wildman–Crippen MR) is 127 cm³/mol. The average molecular weight is 483 g/mol. The molecule has 4 rings (SSSR count). The van der Waals surface area contributed by atoms with Crippen LogP contribution in [0.2, 0.25) is 0 Å². The van der Waals surface area contributed by atoms with Crippen LogP contribution in [0.3, 0.4) is 0 Å². The number of hydrogen-bond donors (Lipinski definition) is 2. The zero-order valence-corrected chi connectivity index (χ0v) is 20.0. The number of hydrogen-bond acceptors (Lipinski definition) is 6. The number of para-hydroxylation sites is 1. The molecule has 0 atom stereocenters. The van der Waals surface area contributed by atoms with Gasteiger partial charge < -0.3 is 10.1 Å². The lowest BCUT2D eigenvalue weighted by molar-refractivity contribution is -0.116. The van der Waals surface area contributed by atoms with Crippen molar-refractivity contribution in [2.75, 3.05) is 11.9 Å². The monoisotopic (exact) mass is 482 g/mol. The molecule has 9 nitrogen and oxygen atoms in total. The van der Waals surface area contributed by atoms with Crippen LogP contribution in [-0.4, -0.2) is 36.6 Å². The van der Waals surface area contributed by atoms with Gasteiger partial charge in [0.05, 0.1) is 17.2 Å². The van der Waals surface area contributed by atoms with Gasteiger partial charge in [-0.2, -0.15) is 9.78 Å². The van der Waals surface area contributed by atoms with E-state index >= 15 is 0 Å². The lowest BCUT2D eigenvalue weighted by atomic mass is 10.0. The summed E-state index contributed by atoms with van der Waals surface area (Å²) >= 11 is 0. The molecule has 0 bridgehead atoms. The zero-order chi connectivity index (χ0) is 24.5. The number of ether oxygens (including phenoxy) is 1. The Balaban J connectivity index is 1.70. The number of nitrogens with zero attached hydrogens (tertiary/aromatic N) is 2. The summed E-state index contributed by atoms with van der Waals surface area (Å²) in [6.07, 6.45) is 0.126. The Hall–Kier alpha value is -3.50. The van der Waals surface area contributed by atoms with E-state index in [1.807, 2.05) is 25.1 Å². The van der Waals surface area contributed by atoms with Crippen LogP contribution in [0.1, 0.15) is 41.4 Å². The van der Waals surface area contributed by atoms with E-state index in [1.54, 1.807) is 38.1 Å². The summed E-state index contributed by atoms with van der Waals surface area (Å²) in [4.78, 5) is 24.7. The Kier molecular flexibility index (Phi) is 6.54. The molecule has 0 fully saturated rings. The van der Waals surface area contributed by atoms with Crippen LogP contribution in [0, 0.1) is 13.8 Å². The summed E-state index contributed by atoms with van der Waals surface area (Å²) in [5.74, 6) is 0.299. The molecule has 10 heteroatoms. The molecule has 1 amide bonds. The minimum atomic E-state index is -3.88. The van der Waals surface area contributed by atoms with Gasteiger partial charge in [-0.3, -0.25) is 9.59 Å². The van der Waals surface area contributed by atoms with Gasteiger partial charge in [0, 0.05) is 30.5 Å². The Morgan fingerprint density at radius 2 is 1.88 bits per heavy atom. The van der Waals surface area contributed by atoms with Crippen LogP contribution >= 0.6 is 0 Å². The van der Waals surface area contributed by atoms with Gasteiger partial charge in [-0.15, -0.1) is 0 Å². The van der Waals surface area contributed by atoms with Crippen LogP contribution in [0.4, 0.5) is 5.82 Å². The van der Waals surface area contributed by atoms with Gasteiger partial charge in [0.15, 0.2) is 0 Å². The van der Waals surface area contributed by atoms with Crippen molar-refractivity contribution < 1.29 is 22.7 Å². The summed E-state index contributed by atoms with van der Waals surface area (Å²) in [7, 11) is -3.88. The molecule has 1 aliphatic heterocycles. The molecular formula is C24H26N4O5S. The SMILES string of the molecule is CCOc1ccccc1CNS(=O)(=O)c1cc(-c2c(C)nn3c2NC(=O)CCC3=O)ccc1C. The van der Waals surface area contributed by atoms with E-state index in [4.69, 9.17) is 4.74 Å². The fraction of sp³-hybridized carbons (Fsp3) is 0.292. The molecule has 0 saturated carbocycles. The molecule has 34 heavy (non-hydrogen) atoms. The molecule has 0 radical (unpaired) electrons. The number of benzene rings is 2. The van der Waals surface area contributed by atoms with Crippen LogP contribution < -0.4 is 14.8 Å². The number of rotatable bonds is 7. The van der Waals surface area contributed by atoms with E-state index in [1.165, 1.54) is 4.68 Å². The van der Waals surface area contributed by atoms with Crippen LogP contribution in [0.25, 0.3) is 11.1 Å². The van der Waals surface area contributed by atoms with E-state index in [0.717, 1.165) is 5.56 Å².